The molecule has 0 N–H and O–H groups in total. The Bertz CT molecular complexity index is 801. The van der Waals surface area contributed by atoms with Gasteiger partial charge in [0.1, 0.15) is 0 Å². The molecule has 0 radical (unpaired) electrons. The van der Waals surface area contributed by atoms with Crippen molar-refractivity contribution < 1.29 is 0 Å². The van der Waals surface area contributed by atoms with Crippen LogP contribution in [0.4, 0.5) is 5.69 Å². The summed E-state index contributed by atoms with van der Waals surface area (Å²) in [6, 6.07) is 27.8. The molecular formula is C21H17N. The predicted octanol–water partition coefficient (Wildman–Crippen LogP) is 5.34. The molecule has 0 fully saturated rings. The minimum Gasteiger partial charge on any atom is -0.344 e. The Morgan fingerprint density at radius 2 is 1.32 bits per heavy atom. The number of benzene rings is 3. The molecule has 3 aromatic rings. The van der Waals surface area contributed by atoms with E-state index in [0.29, 0.717) is 0 Å². The van der Waals surface area contributed by atoms with Gasteiger partial charge in [-0.1, -0.05) is 66.7 Å². The van der Waals surface area contributed by atoms with Crippen LogP contribution in [0.25, 0.3) is 17.2 Å². The van der Waals surface area contributed by atoms with Crippen LogP contribution in [0.2, 0.25) is 0 Å². The third-order valence-corrected chi connectivity index (χ3v) is 4.14. The van der Waals surface area contributed by atoms with E-state index in [0.717, 1.165) is 6.54 Å². The van der Waals surface area contributed by atoms with Crippen molar-refractivity contribution in [2.75, 3.05) is 4.90 Å². The lowest BCUT2D eigenvalue weighted by Gasteiger charge is -2.25. The van der Waals surface area contributed by atoms with Crippen molar-refractivity contribution in [3.63, 3.8) is 0 Å². The standard InChI is InChI=1S/C21H17N/c1-2-6-17(7-3-1)19-10-12-21(13-11-19)22-15-14-18-8-4-5-9-20(18)16-22/h1-15H,16H2. The van der Waals surface area contributed by atoms with Crippen molar-refractivity contribution in [3.05, 3.63) is 96.2 Å². The van der Waals surface area contributed by atoms with Gasteiger partial charge in [-0.15, -0.1) is 0 Å². The SMILES string of the molecule is C1=CN(c2ccc(-c3ccccc3)cc2)Cc2ccccc21. The van der Waals surface area contributed by atoms with E-state index >= 15 is 0 Å². The highest BCUT2D eigenvalue weighted by molar-refractivity contribution is 5.69. The summed E-state index contributed by atoms with van der Waals surface area (Å²) >= 11 is 0. The van der Waals surface area contributed by atoms with Crippen LogP contribution >= 0.6 is 0 Å². The molecule has 0 amide bonds. The van der Waals surface area contributed by atoms with E-state index in [1.54, 1.807) is 0 Å². The number of nitrogens with zero attached hydrogens (tertiary/aromatic N) is 1. The Morgan fingerprint density at radius 1 is 0.636 bits per heavy atom. The summed E-state index contributed by atoms with van der Waals surface area (Å²) in [5.41, 5.74) is 6.43. The maximum Gasteiger partial charge on any atom is 0.0481 e. The van der Waals surface area contributed by atoms with Crippen LogP contribution in [0.1, 0.15) is 11.1 Å². The summed E-state index contributed by atoms with van der Waals surface area (Å²) in [5.74, 6) is 0. The first-order valence-electron chi connectivity index (χ1n) is 7.58. The molecule has 0 atom stereocenters. The first-order valence-corrected chi connectivity index (χ1v) is 7.58. The van der Waals surface area contributed by atoms with E-state index in [4.69, 9.17) is 0 Å². The maximum atomic E-state index is 2.29. The summed E-state index contributed by atoms with van der Waals surface area (Å²) in [6.07, 6.45) is 4.35. The molecule has 0 aliphatic carbocycles. The van der Waals surface area contributed by atoms with Crippen LogP contribution < -0.4 is 4.90 Å². The lowest BCUT2D eigenvalue weighted by molar-refractivity contribution is 0.954. The first kappa shape index (κ1) is 12.9. The van der Waals surface area contributed by atoms with Gasteiger partial charge in [0.2, 0.25) is 0 Å². The Hall–Kier alpha value is -2.80. The van der Waals surface area contributed by atoms with Gasteiger partial charge in [-0.05, 0) is 40.5 Å². The normalized spacial score (nSPS) is 13.0. The van der Waals surface area contributed by atoms with Crippen molar-refractivity contribution in [2.24, 2.45) is 0 Å². The zero-order valence-electron chi connectivity index (χ0n) is 12.3. The highest BCUT2D eigenvalue weighted by atomic mass is 15.1. The largest absolute Gasteiger partial charge is 0.344 e. The van der Waals surface area contributed by atoms with Crippen LogP contribution in [0.15, 0.2) is 85.1 Å². The van der Waals surface area contributed by atoms with Crippen molar-refractivity contribution in [1.29, 1.82) is 0 Å². The molecule has 1 aliphatic heterocycles. The van der Waals surface area contributed by atoms with Gasteiger partial charge in [0.05, 0.1) is 0 Å². The molecule has 1 heterocycles. The second-order valence-electron chi connectivity index (χ2n) is 5.56. The minimum atomic E-state index is 0.928. The first-order chi connectivity index (χ1) is 10.9. The molecule has 0 spiro atoms. The molecule has 1 aliphatic rings. The number of fused-ring (bicyclic) bond motifs is 1. The molecule has 22 heavy (non-hydrogen) atoms. The monoisotopic (exact) mass is 283 g/mol. The minimum absolute atomic E-state index is 0.928. The maximum absolute atomic E-state index is 2.29. The van der Waals surface area contributed by atoms with Gasteiger partial charge in [-0.2, -0.15) is 0 Å². The quantitative estimate of drug-likeness (QED) is 0.613. The molecule has 0 aromatic heterocycles. The topological polar surface area (TPSA) is 3.24 Å². The predicted molar refractivity (Wildman–Crippen MR) is 93.5 cm³/mol. The molecule has 3 aromatic carbocycles. The van der Waals surface area contributed by atoms with Crippen LogP contribution in [0, 0.1) is 0 Å². The summed E-state index contributed by atoms with van der Waals surface area (Å²) in [7, 11) is 0. The Labute approximate surface area is 131 Å². The molecule has 4 rings (SSSR count). The van der Waals surface area contributed by atoms with E-state index < -0.39 is 0 Å². The fraction of sp³-hybridized carbons (Fsp3) is 0.0476. The number of anilines is 1. The van der Waals surface area contributed by atoms with Crippen LogP contribution in [-0.2, 0) is 6.54 Å². The Kier molecular flexibility index (Phi) is 3.24. The van der Waals surface area contributed by atoms with E-state index in [1.165, 1.54) is 27.9 Å². The molecular weight excluding hydrogens is 266 g/mol. The van der Waals surface area contributed by atoms with E-state index in [-0.39, 0.29) is 0 Å². The Morgan fingerprint density at radius 3 is 2.14 bits per heavy atom. The van der Waals surface area contributed by atoms with Crippen molar-refractivity contribution in [1.82, 2.24) is 0 Å². The van der Waals surface area contributed by atoms with Gasteiger partial charge in [0, 0.05) is 18.4 Å². The number of hydrogen-bond donors (Lipinski definition) is 0. The third kappa shape index (κ3) is 2.42. The van der Waals surface area contributed by atoms with Gasteiger partial charge in [0.15, 0.2) is 0 Å². The van der Waals surface area contributed by atoms with Gasteiger partial charge in [-0.3, -0.25) is 0 Å². The smallest absolute Gasteiger partial charge is 0.0481 e. The Balaban J connectivity index is 1.60. The molecule has 0 saturated heterocycles. The van der Waals surface area contributed by atoms with Gasteiger partial charge in [-0.25, -0.2) is 0 Å². The molecule has 1 nitrogen and oxygen atoms in total. The van der Waals surface area contributed by atoms with E-state index in [9.17, 15) is 0 Å². The average Bonchev–Trinajstić information content (AvgIpc) is 2.62. The summed E-state index contributed by atoms with van der Waals surface area (Å²) in [6.45, 7) is 0.928. The van der Waals surface area contributed by atoms with Crippen molar-refractivity contribution >= 4 is 11.8 Å². The third-order valence-electron chi connectivity index (χ3n) is 4.14. The second kappa shape index (κ2) is 5.53. The van der Waals surface area contributed by atoms with Crippen molar-refractivity contribution in [2.45, 2.75) is 6.54 Å². The highest BCUT2D eigenvalue weighted by Gasteiger charge is 2.11. The number of hydrogen-bond acceptors (Lipinski definition) is 1. The lowest BCUT2D eigenvalue weighted by atomic mass is 10.0. The number of rotatable bonds is 2. The summed E-state index contributed by atoms with van der Waals surface area (Å²) < 4.78 is 0. The molecule has 0 unspecified atom stereocenters. The van der Waals surface area contributed by atoms with E-state index in [1.807, 2.05) is 6.07 Å². The lowest BCUT2D eigenvalue weighted by Crippen LogP contribution is -2.18. The second-order valence-corrected chi connectivity index (χ2v) is 5.56. The van der Waals surface area contributed by atoms with Crippen LogP contribution in [-0.4, -0.2) is 0 Å². The summed E-state index contributed by atoms with van der Waals surface area (Å²) in [4.78, 5) is 2.29. The fourth-order valence-electron chi connectivity index (χ4n) is 2.90. The van der Waals surface area contributed by atoms with Crippen molar-refractivity contribution in [3.8, 4) is 11.1 Å². The molecule has 0 bridgehead atoms. The molecule has 1 heteroatoms. The molecule has 106 valence electrons. The highest BCUT2D eigenvalue weighted by Crippen LogP contribution is 2.27. The van der Waals surface area contributed by atoms with Crippen LogP contribution in [0.5, 0.6) is 0 Å². The molecule has 0 saturated carbocycles. The van der Waals surface area contributed by atoms with E-state index in [2.05, 4.69) is 90.0 Å². The van der Waals surface area contributed by atoms with Gasteiger partial charge < -0.3 is 4.90 Å². The van der Waals surface area contributed by atoms with Gasteiger partial charge >= 0.3 is 0 Å². The van der Waals surface area contributed by atoms with Crippen LogP contribution in [0.3, 0.4) is 0 Å². The average molecular weight is 283 g/mol. The van der Waals surface area contributed by atoms with Gasteiger partial charge in [0.25, 0.3) is 0 Å². The zero-order valence-corrected chi connectivity index (χ0v) is 12.3. The fourth-order valence-corrected chi connectivity index (χ4v) is 2.90. The zero-order chi connectivity index (χ0) is 14.8. The summed E-state index contributed by atoms with van der Waals surface area (Å²) in [5, 5.41) is 0.